The topological polar surface area (TPSA) is 57.7 Å². The van der Waals surface area contributed by atoms with Gasteiger partial charge in [-0.2, -0.15) is 0 Å². The van der Waals surface area contributed by atoms with Gasteiger partial charge in [0.25, 0.3) is 0 Å². The van der Waals surface area contributed by atoms with Crippen LogP contribution in [0.15, 0.2) is 54.7 Å². The van der Waals surface area contributed by atoms with Crippen LogP contribution in [0.5, 0.6) is 11.5 Å². The van der Waals surface area contributed by atoms with Gasteiger partial charge in [0.1, 0.15) is 23.4 Å². The first kappa shape index (κ1) is 23.3. The van der Waals surface area contributed by atoms with Gasteiger partial charge in [-0.15, -0.1) is 0 Å². The highest BCUT2D eigenvalue weighted by molar-refractivity contribution is 5.73. The molecule has 1 aromatic heterocycles. The van der Waals surface area contributed by atoms with Crippen LogP contribution in [0, 0.1) is 17.7 Å². The quantitative estimate of drug-likeness (QED) is 0.377. The number of methoxy groups -OCH3 is 2. The molecule has 1 fully saturated rings. The number of hydrogen-bond donors (Lipinski definition) is 0. The van der Waals surface area contributed by atoms with Crippen LogP contribution in [-0.2, 0) is 16.0 Å². The number of carbonyl (C=O) groups is 1. The molecule has 0 radical (unpaired) electrons. The van der Waals surface area contributed by atoms with Crippen LogP contribution < -0.4 is 9.47 Å². The number of pyridine rings is 1. The summed E-state index contributed by atoms with van der Waals surface area (Å²) in [7, 11) is 3.01. The molecule has 0 bridgehead atoms. The average Bonchev–Trinajstić information content (AvgIpc) is 3.73. The predicted octanol–water partition coefficient (Wildman–Crippen LogP) is 6.27. The molecule has 2 aromatic carbocycles. The van der Waals surface area contributed by atoms with E-state index in [1.807, 2.05) is 19.1 Å². The SMILES string of the molecule is COC(=O)C(C)C(c1ccc2c(c1)OC(c1ccc(-c3cc(OC)ccc3F)cn1)CC2)C1CC1. The minimum absolute atomic E-state index is 0.131. The molecule has 5 rings (SSSR count). The van der Waals surface area contributed by atoms with E-state index in [1.54, 1.807) is 25.4 Å². The molecule has 0 N–H and O–H groups in total. The Balaban J connectivity index is 1.37. The van der Waals surface area contributed by atoms with Crippen molar-refractivity contribution in [2.45, 2.75) is 44.6 Å². The Kier molecular flexibility index (Phi) is 6.46. The van der Waals surface area contributed by atoms with Crippen LogP contribution in [0.4, 0.5) is 4.39 Å². The number of ether oxygens (including phenoxy) is 3. The number of fused-ring (bicyclic) bond motifs is 1. The molecule has 182 valence electrons. The minimum atomic E-state index is -0.317. The van der Waals surface area contributed by atoms with Gasteiger partial charge in [-0.3, -0.25) is 9.78 Å². The molecule has 3 atom stereocenters. The summed E-state index contributed by atoms with van der Waals surface area (Å²) in [4.78, 5) is 16.9. The fraction of sp³-hybridized carbons (Fsp3) is 0.379. The normalized spacial score (nSPS) is 18.7. The summed E-state index contributed by atoms with van der Waals surface area (Å²) >= 11 is 0. The minimum Gasteiger partial charge on any atom is -0.497 e. The highest BCUT2D eigenvalue weighted by Gasteiger charge is 2.39. The van der Waals surface area contributed by atoms with E-state index in [1.165, 1.54) is 18.7 Å². The van der Waals surface area contributed by atoms with E-state index < -0.39 is 0 Å². The van der Waals surface area contributed by atoms with Crippen molar-refractivity contribution >= 4 is 5.97 Å². The third-order valence-electron chi connectivity index (χ3n) is 7.26. The van der Waals surface area contributed by atoms with Gasteiger partial charge in [-0.25, -0.2) is 4.39 Å². The van der Waals surface area contributed by atoms with Crippen molar-refractivity contribution in [1.29, 1.82) is 0 Å². The van der Waals surface area contributed by atoms with E-state index in [2.05, 4.69) is 23.2 Å². The molecule has 2 heterocycles. The van der Waals surface area contributed by atoms with Crippen LogP contribution in [0.25, 0.3) is 11.1 Å². The predicted molar refractivity (Wildman–Crippen MR) is 131 cm³/mol. The number of aromatic nitrogens is 1. The number of halogens is 1. The van der Waals surface area contributed by atoms with Gasteiger partial charge in [0, 0.05) is 17.3 Å². The lowest BCUT2D eigenvalue weighted by molar-refractivity contribution is -0.145. The Hall–Kier alpha value is -3.41. The van der Waals surface area contributed by atoms with E-state index in [-0.39, 0.29) is 29.7 Å². The van der Waals surface area contributed by atoms with E-state index >= 15 is 0 Å². The molecule has 3 unspecified atom stereocenters. The van der Waals surface area contributed by atoms with Crippen molar-refractivity contribution < 1.29 is 23.4 Å². The molecule has 0 amide bonds. The first-order valence-electron chi connectivity index (χ1n) is 12.2. The Morgan fingerprint density at radius 3 is 2.60 bits per heavy atom. The number of hydrogen-bond acceptors (Lipinski definition) is 5. The highest BCUT2D eigenvalue weighted by atomic mass is 19.1. The van der Waals surface area contributed by atoms with Crippen LogP contribution in [0.1, 0.15) is 55.0 Å². The molecule has 5 nitrogen and oxygen atoms in total. The van der Waals surface area contributed by atoms with Crippen molar-refractivity contribution in [1.82, 2.24) is 4.98 Å². The summed E-state index contributed by atoms with van der Waals surface area (Å²) in [5, 5.41) is 0. The first-order valence-corrected chi connectivity index (χ1v) is 12.2. The third-order valence-corrected chi connectivity index (χ3v) is 7.26. The van der Waals surface area contributed by atoms with Gasteiger partial charge in [-0.1, -0.05) is 25.1 Å². The molecular weight excluding hydrogens is 445 g/mol. The maximum atomic E-state index is 14.4. The van der Waals surface area contributed by atoms with E-state index in [0.717, 1.165) is 42.7 Å². The Bertz CT molecular complexity index is 1220. The molecule has 0 spiro atoms. The maximum Gasteiger partial charge on any atom is 0.309 e. The van der Waals surface area contributed by atoms with Crippen LogP contribution >= 0.6 is 0 Å². The zero-order chi connectivity index (χ0) is 24.5. The molecule has 6 heteroatoms. The number of nitrogens with zero attached hydrogens (tertiary/aromatic N) is 1. The number of aryl methyl sites for hydroxylation is 1. The maximum absolute atomic E-state index is 14.4. The third kappa shape index (κ3) is 4.75. The first-order chi connectivity index (χ1) is 17.0. The van der Waals surface area contributed by atoms with Gasteiger partial charge in [0.2, 0.25) is 0 Å². The standard InChI is InChI=1S/C29H30FNO4/c1-17(29(32)34-3)28(19-5-6-19)20-7-4-18-9-13-26(35-27(18)14-20)25-12-8-21(16-31-25)23-15-22(33-2)10-11-24(23)30/h4,7-8,10-12,14-17,19,26,28H,5-6,9,13H2,1-3H3. The smallest absolute Gasteiger partial charge is 0.309 e. The molecule has 35 heavy (non-hydrogen) atoms. The number of carbonyl (C=O) groups excluding carboxylic acids is 1. The van der Waals surface area contributed by atoms with Gasteiger partial charge in [0.15, 0.2) is 0 Å². The Morgan fingerprint density at radius 2 is 1.91 bits per heavy atom. The summed E-state index contributed by atoms with van der Waals surface area (Å²) in [6.45, 7) is 1.95. The second-order valence-corrected chi connectivity index (χ2v) is 9.50. The number of benzene rings is 2. The van der Waals surface area contributed by atoms with Crippen molar-refractivity contribution in [2.24, 2.45) is 11.8 Å². The molecule has 1 aliphatic carbocycles. The van der Waals surface area contributed by atoms with Crippen molar-refractivity contribution in [3.63, 3.8) is 0 Å². The summed E-state index contributed by atoms with van der Waals surface area (Å²) in [6, 6.07) is 14.8. The molecule has 1 saturated carbocycles. The lowest BCUT2D eigenvalue weighted by Gasteiger charge is -2.28. The van der Waals surface area contributed by atoms with Crippen molar-refractivity contribution in [2.75, 3.05) is 14.2 Å². The molecule has 0 saturated heterocycles. The molecule has 1 aliphatic heterocycles. The average molecular weight is 476 g/mol. The lowest BCUT2D eigenvalue weighted by Crippen LogP contribution is -2.23. The van der Waals surface area contributed by atoms with Crippen molar-refractivity contribution in [3.8, 4) is 22.6 Å². The van der Waals surface area contributed by atoms with E-state index in [9.17, 15) is 9.18 Å². The van der Waals surface area contributed by atoms with Gasteiger partial charge < -0.3 is 14.2 Å². The second kappa shape index (κ2) is 9.68. The highest BCUT2D eigenvalue weighted by Crippen LogP contribution is 2.48. The fourth-order valence-electron chi connectivity index (χ4n) is 5.17. The zero-order valence-corrected chi connectivity index (χ0v) is 20.3. The monoisotopic (exact) mass is 475 g/mol. The Morgan fingerprint density at radius 1 is 1.09 bits per heavy atom. The Labute approximate surface area is 205 Å². The summed E-state index contributed by atoms with van der Waals surface area (Å²) in [5.74, 6) is 1.40. The van der Waals surface area contributed by atoms with Crippen LogP contribution in [0.2, 0.25) is 0 Å². The van der Waals surface area contributed by atoms with E-state index in [4.69, 9.17) is 14.2 Å². The summed E-state index contributed by atoms with van der Waals surface area (Å²) in [6.07, 6.45) is 5.47. The molecular formula is C29H30FNO4. The number of rotatable bonds is 7. The number of esters is 1. The molecule has 3 aromatic rings. The summed E-state index contributed by atoms with van der Waals surface area (Å²) < 4.78 is 31.0. The second-order valence-electron chi connectivity index (χ2n) is 9.50. The van der Waals surface area contributed by atoms with Crippen molar-refractivity contribution in [3.05, 3.63) is 77.4 Å². The largest absolute Gasteiger partial charge is 0.497 e. The van der Waals surface area contributed by atoms with Crippen LogP contribution in [-0.4, -0.2) is 25.2 Å². The summed E-state index contributed by atoms with van der Waals surface area (Å²) in [5.41, 5.74) is 4.25. The van der Waals surface area contributed by atoms with E-state index in [0.29, 0.717) is 22.8 Å². The fourth-order valence-corrected chi connectivity index (χ4v) is 5.17. The molecule has 2 aliphatic rings. The zero-order valence-electron chi connectivity index (χ0n) is 20.3. The van der Waals surface area contributed by atoms with Crippen LogP contribution in [0.3, 0.4) is 0 Å². The van der Waals surface area contributed by atoms with Gasteiger partial charge >= 0.3 is 5.97 Å². The van der Waals surface area contributed by atoms with Gasteiger partial charge in [0.05, 0.1) is 25.8 Å². The lowest BCUT2D eigenvalue weighted by atomic mass is 9.82. The van der Waals surface area contributed by atoms with Gasteiger partial charge in [-0.05, 0) is 79.0 Å².